The molecule has 0 aliphatic carbocycles. The van der Waals surface area contributed by atoms with E-state index in [1.54, 1.807) is 32.2 Å². The number of nitrogens with one attached hydrogen (secondary N) is 3. The lowest BCUT2D eigenvalue weighted by Crippen LogP contribution is -2.14. The van der Waals surface area contributed by atoms with Crippen LogP contribution in [0.25, 0.3) is 0 Å². The molecular formula is C17H20FN3O2. The summed E-state index contributed by atoms with van der Waals surface area (Å²) in [7, 11) is 1.77. The number of carbonyl (C=O) groups excluding carboxylic acids is 1. The molecule has 122 valence electrons. The van der Waals surface area contributed by atoms with Crippen LogP contribution in [0, 0.1) is 5.82 Å². The van der Waals surface area contributed by atoms with E-state index in [1.165, 1.54) is 12.1 Å². The zero-order valence-electron chi connectivity index (χ0n) is 13.2. The molecule has 0 aromatic heterocycles. The third-order valence-corrected chi connectivity index (χ3v) is 3.21. The first-order valence-electron chi connectivity index (χ1n) is 7.36. The van der Waals surface area contributed by atoms with Gasteiger partial charge in [0.2, 0.25) is 0 Å². The predicted octanol–water partition coefficient (Wildman–Crippen LogP) is 4.05. The minimum absolute atomic E-state index is 0.249. The molecule has 2 aromatic carbocycles. The smallest absolute Gasteiger partial charge is 0.411 e. The number of halogens is 1. The Bertz CT molecular complexity index is 659. The average molecular weight is 317 g/mol. The van der Waals surface area contributed by atoms with Crippen LogP contribution in [0.3, 0.4) is 0 Å². The molecule has 2 aromatic rings. The summed E-state index contributed by atoms with van der Waals surface area (Å²) in [5.74, 6) is -0.249. The molecule has 2 rings (SSSR count). The highest BCUT2D eigenvalue weighted by molar-refractivity contribution is 5.90. The maximum absolute atomic E-state index is 12.9. The second-order valence-electron chi connectivity index (χ2n) is 4.84. The molecule has 0 saturated carbocycles. The normalized spacial score (nSPS) is 10.0. The number of hydrogen-bond acceptors (Lipinski definition) is 4. The summed E-state index contributed by atoms with van der Waals surface area (Å²) in [5, 5.41) is 8.96. The Morgan fingerprint density at radius 1 is 1.13 bits per heavy atom. The molecule has 0 saturated heterocycles. The highest BCUT2D eigenvalue weighted by Gasteiger charge is 2.07. The number of amides is 1. The van der Waals surface area contributed by atoms with Crippen LogP contribution in [0.1, 0.15) is 12.5 Å². The van der Waals surface area contributed by atoms with Gasteiger partial charge in [0.05, 0.1) is 18.0 Å². The van der Waals surface area contributed by atoms with Gasteiger partial charge >= 0.3 is 6.09 Å². The maximum Gasteiger partial charge on any atom is 0.411 e. The fourth-order valence-corrected chi connectivity index (χ4v) is 2.05. The monoisotopic (exact) mass is 317 g/mol. The van der Waals surface area contributed by atoms with Crippen molar-refractivity contribution in [3.05, 3.63) is 53.8 Å². The molecule has 23 heavy (non-hydrogen) atoms. The van der Waals surface area contributed by atoms with Crippen LogP contribution in [0.15, 0.2) is 42.5 Å². The summed E-state index contributed by atoms with van der Waals surface area (Å²) in [6.45, 7) is 2.65. The quantitative estimate of drug-likeness (QED) is 0.752. The van der Waals surface area contributed by atoms with Crippen molar-refractivity contribution in [3.8, 4) is 0 Å². The molecule has 0 bridgehead atoms. The zero-order chi connectivity index (χ0) is 16.7. The molecule has 0 fully saturated rings. The standard InChI is InChI=1S/C17H20FN3O2/c1-3-23-17(22)21-15-9-8-14(10-16(15)19-2)20-11-12-4-6-13(18)7-5-12/h4-10,19-20H,3,11H2,1-2H3,(H,21,22). The number of anilines is 3. The van der Waals surface area contributed by atoms with Crippen LogP contribution in [0.5, 0.6) is 0 Å². The Morgan fingerprint density at radius 2 is 1.87 bits per heavy atom. The number of ether oxygens (including phenoxy) is 1. The topological polar surface area (TPSA) is 62.4 Å². The molecule has 0 spiro atoms. The van der Waals surface area contributed by atoms with E-state index in [9.17, 15) is 9.18 Å². The molecule has 0 radical (unpaired) electrons. The number of benzene rings is 2. The highest BCUT2D eigenvalue weighted by Crippen LogP contribution is 2.26. The number of hydrogen-bond donors (Lipinski definition) is 3. The van der Waals surface area contributed by atoms with Crippen LogP contribution in [0.4, 0.5) is 26.2 Å². The lowest BCUT2D eigenvalue weighted by Gasteiger charge is -2.13. The number of rotatable bonds is 6. The fraction of sp³-hybridized carbons (Fsp3) is 0.235. The van der Waals surface area contributed by atoms with Crippen molar-refractivity contribution >= 4 is 23.2 Å². The van der Waals surface area contributed by atoms with Crippen LogP contribution in [0.2, 0.25) is 0 Å². The first-order chi connectivity index (χ1) is 11.1. The van der Waals surface area contributed by atoms with Crippen molar-refractivity contribution in [1.29, 1.82) is 0 Å². The van der Waals surface area contributed by atoms with Crippen LogP contribution < -0.4 is 16.0 Å². The third-order valence-electron chi connectivity index (χ3n) is 3.21. The first-order valence-corrected chi connectivity index (χ1v) is 7.36. The molecule has 0 aliphatic heterocycles. The van der Waals surface area contributed by atoms with Gasteiger partial charge in [-0.1, -0.05) is 12.1 Å². The van der Waals surface area contributed by atoms with E-state index >= 15 is 0 Å². The minimum Gasteiger partial charge on any atom is -0.450 e. The lowest BCUT2D eigenvalue weighted by atomic mass is 10.2. The van der Waals surface area contributed by atoms with Crippen molar-refractivity contribution in [2.24, 2.45) is 0 Å². The van der Waals surface area contributed by atoms with Gasteiger partial charge in [0.1, 0.15) is 5.82 Å². The van der Waals surface area contributed by atoms with Gasteiger partial charge in [-0.3, -0.25) is 5.32 Å². The summed E-state index contributed by atoms with van der Waals surface area (Å²) in [6, 6.07) is 11.9. The van der Waals surface area contributed by atoms with Gasteiger partial charge in [0, 0.05) is 19.3 Å². The Labute approximate surface area is 134 Å². The first kappa shape index (κ1) is 16.6. The van der Waals surface area contributed by atoms with E-state index in [4.69, 9.17) is 4.74 Å². The van der Waals surface area contributed by atoms with Crippen LogP contribution in [-0.2, 0) is 11.3 Å². The SMILES string of the molecule is CCOC(=O)Nc1ccc(NCc2ccc(F)cc2)cc1NC. The second kappa shape index (κ2) is 8.03. The van der Waals surface area contributed by atoms with Gasteiger partial charge < -0.3 is 15.4 Å². The van der Waals surface area contributed by atoms with Gasteiger partial charge in [-0.15, -0.1) is 0 Å². The van der Waals surface area contributed by atoms with Crippen molar-refractivity contribution in [2.75, 3.05) is 29.6 Å². The van der Waals surface area contributed by atoms with E-state index in [1.807, 2.05) is 12.1 Å². The number of carbonyl (C=O) groups is 1. The summed E-state index contributed by atoms with van der Waals surface area (Å²) in [6.07, 6.45) is -0.490. The zero-order valence-corrected chi connectivity index (χ0v) is 13.2. The van der Waals surface area contributed by atoms with Gasteiger partial charge in [-0.05, 0) is 42.8 Å². The van der Waals surface area contributed by atoms with E-state index < -0.39 is 6.09 Å². The maximum atomic E-state index is 12.9. The van der Waals surface area contributed by atoms with Crippen LogP contribution in [-0.4, -0.2) is 19.7 Å². The van der Waals surface area contributed by atoms with E-state index in [0.717, 1.165) is 16.9 Å². The van der Waals surface area contributed by atoms with Crippen LogP contribution >= 0.6 is 0 Å². The van der Waals surface area contributed by atoms with Gasteiger partial charge in [-0.25, -0.2) is 9.18 Å². The highest BCUT2D eigenvalue weighted by atomic mass is 19.1. The molecule has 1 amide bonds. The van der Waals surface area contributed by atoms with Crippen molar-refractivity contribution in [2.45, 2.75) is 13.5 Å². The molecular weight excluding hydrogens is 297 g/mol. The van der Waals surface area contributed by atoms with Crippen molar-refractivity contribution in [1.82, 2.24) is 0 Å². The van der Waals surface area contributed by atoms with Crippen molar-refractivity contribution < 1.29 is 13.9 Å². The van der Waals surface area contributed by atoms with Gasteiger partial charge in [0.25, 0.3) is 0 Å². The summed E-state index contributed by atoms with van der Waals surface area (Å²) >= 11 is 0. The largest absolute Gasteiger partial charge is 0.450 e. The van der Waals surface area contributed by atoms with E-state index in [2.05, 4.69) is 16.0 Å². The Morgan fingerprint density at radius 3 is 2.52 bits per heavy atom. The Hall–Kier alpha value is -2.76. The molecule has 0 aliphatic rings. The summed E-state index contributed by atoms with van der Waals surface area (Å²) < 4.78 is 17.7. The van der Waals surface area contributed by atoms with Gasteiger partial charge in [-0.2, -0.15) is 0 Å². The Balaban J connectivity index is 2.03. The molecule has 6 heteroatoms. The molecule has 0 atom stereocenters. The summed E-state index contributed by atoms with van der Waals surface area (Å²) in [5.41, 5.74) is 3.26. The van der Waals surface area contributed by atoms with E-state index in [-0.39, 0.29) is 5.82 Å². The van der Waals surface area contributed by atoms with Gasteiger partial charge in [0.15, 0.2) is 0 Å². The molecule has 5 nitrogen and oxygen atoms in total. The lowest BCUT2D eigenvalue weighted by molar-refractivity contribution is 0.168. The Kier molecular flexibility index (Phi) is 5.80. The second-order valence-corrected chi connectivity index (χ2v) is 4.84. The predicted molar refractivity (Wildman–Crippen MR) is 90.4 cm³/mol. The molecule has 3 N–H and O–H groups in total. The fourth-order valence-electron chi connectivity index (χ4n) is 2.05. The third kappa shape index (κ3) is 4.88. The minimum atomic E-state index is -0.490. The average Bonchev–Trinajstić information content (AvgIpc) is 2.55. The molecule has 0 heterocycles. The van der Waals surface area contributed by atoms with Crippen molar-refractivity contribution in [3.63, 3.8) is 0 Å². The molecule has 0 unspecified atom stereocenters. The van der Waals surface area contributed by atoms with E-state index in [0.29, 0.717) is 18.8 Å². The summed E-state index contributed by atoms with van der Waals surface area (Å²) in [4.78, 5) is 11.5.